The Hall–Kier alpha value is -2.73. The first-order valence-electron chi connectivity index (χ1n) is 9.41. The van der Waals surface area contributed by atoms with E-state index in [0.29, 0.717) is 22.4 Å². The fraction of sp³-hybridized carbons (Fsp3) is 0.333. The molecule has 0 aliphatic heterocycles. The standard InChI is InChI=1S/C21H21ClN4O2/c1-14-23-20(26-28-14)21(11-3-2-4-12-21)25-19(27)10-9-17-8-6-15-5-7-16(22)13-18(15)24-17/h5-10,13H,2-4,11-12H2,1H3,(H,25,27). The molecule has 1 fully saturated rings. The van der Waals surface area contributed by atoms with E-state index in [0.717, 1.165) is 43.0 Å². The van der Waals surface area contributed by atoms with E-state index in [1.54, 1.807) is 13.0 Å². The first-order chi connectivity index (χ1) is 13.5. The van der Waals surface area contributed by atoms with Crippen LogP contribution < -0.4 is 5.32 Å². The van der Waals surface area contributed by atoms with Crippen molar-refractivity contribution in [2.45, 2.75) is 44.6 Å². The largest absolute Gasteiger partial charge is 0.340 e. The molecule has 1 aliphatic rings. The molecule has 3 aromatic rings. The highest BCUT2D eigenvalue weighted by Crippen LogP contribution is 2.35. The van der Waals surface area contributed by atoms with E-state index in [1.165, 1.54) is 6.08 Å². The van der Waals surface area contributed by atoms with Crippen molar-refractivity contribution >= 4 is 34.5 Å². The van der Waals surface area contributed by atoms with Gasteiger partial charge in [-0.05, 0) is 37.1 Å². The Kier molecular flexibility index (Phi) is 5.13. The summed E-state index contributed by atoms with van der Waals surface area (Å²) in [6, 6.07) is 9.40. The predicted octanol–water partition coefficient (Wildman–Crippen LogP) is 4.57. The molecule has 1 aliphatic carbocycles. The average Bonchev–Trinajstić information content (AvgIpc) is 3.14. The fourth-order valence-corrected chi connectivity index (χ4v) is 3.86. The fourth-order valence-electron chi connectivity index (χ4n) is 3.69. The zero-order valence-corrected chi connectivity index (χ0v) is 16.4. The molecule has 0 spiro atoms. The molecule has 2 heterocycles. The minimum atomic E-state index is -0.568. The number of halogens is 1. The number of benzene rings is 1. The summed E-state index contributed by atoms with van der Waals surface area (Å²) >= 11 is 6.04. The Morgan fingerprint density at radius 2 is 1.96 bits per heavy atom. The SMILES string of the molecule is Cc1nc(C2(NC(=O)C=Cc3ccc4ccc(Cl)cc4n3)CCCCC2)no1. The Morgan fingerprint density at radius 3 is 2.71 bits per heavy atom. The molecular weight excluding hydrogens is 376 g/mol. The van der Waals surface area contributed by atoms with Crippen LogP contribution in [-0.2, 0) is 10.3 Å². The first kappa shape index (κ1) is 18.6. The predicted molar refractivity (Wildman–Crippen MR) is 108 cm³/mol. The molecule has 2 aromatic heterocycles. The van der Waals surface area contributed by atoms with Crippen LogP contribution in [0.2, 0.25) is 5.02 Å². The second-order valence-corrected chi connectivity index (χ2v) is 7.61. The van der Waals surface area contributed by atoms with Gasteiger partial charge in [0.05, 0.1) is 11.2 Å². The number of carbonyl (C=O) groups is 1. The molecule has 0 radical (unpaired) electrons. The maximum atomic E-state index is 12.7. The van der Waals surface area contributed by atoms with Crippen molar-refractivity contribution < 1.29 is 9.32 Å². The highest BCUT2D eigenvalue weighted by molar-refractivity contribution is 6.31. The monoisotopic (exact) mass is 396 g/mol. The van der Waals surface area contributed by atoms with Crippen molar-refractivity contribution in [3.05, 3.63) is 58.8 Å². The highest BCUT2D eigenvalue weighted by atomic mass is 35.5. The van der Waals surface area contributed by atoms with Gasteiger partial charge in [-0.3, -0.25) is 4.79 Å². The Labute approximate surface area is 168 Å². The van der Waals surface area contributed by atoms with Gasteiger partial charge in [-0.2, -0.15) is 4.98 Å². The molecule has 1 N–H and O–H groups in total. The van der Waals surface area contributed by atoms with Gasteiger partial charge in [0, 0.05) is 23.4 Å². The number of hydrogen-bond acceptors (Lipinski definition) is 5. The second-order valence-electron chi connectivity index (χ2n) is 7.18. The van der Waals surface area contributed by atoms with Gasteiger partial charge in [0.25, 0.3) is 0 Å². The van der Waals surface area contributed by atoms with Crippen LogP contribution in [0.3, 0.4) is 0 Å². The molecule has 0 saturated heterocycles. The topological polar surface area (TPSA) is 80.9 Å². The number of aryl methyl sites for hydroxylation is 1. The summed E-state index contributed by atoms with van der Waals surface area (Å²) in [5, 5.41) is 8.83. The van der Waals surface area contributed by atoms with Crippen molar-refractivity contribution in [2.75, 3.05) is 0 Å². The number of nitrogens with one attached hydrogen (secondary N) is 1. The molecule has 1 amide bonds. The van der Waals surface area contributed by atoms with E-state index in [4.69, 9.17) is 16.1 Å². The minimum absolute atomic E-state index is 0.197. The molecule has 28 heavy (non-hydrogen) atoms. The molecule has 0 unspecified atom stereocenters. The number of rotatable bonds is 4. The van der Waals surface area contributed by atoms with Crippen molar-refractivity contribution in [1.29, 1.82) is 0 Å². The van der Waals surface area contributed by atoms with E-state index in [-0.39, 0.29) is 5.91 Å². The summed E-state index contributed by atoms with van der Waals surface area (Å²) in [7, 11) is 0. The van der Waals surface area contributed by atoms with E-state index in [2.05, 4.69) is 20.4 Å². The van der Waals surface area contributed by atoms with Gasteiger partial charge in [0.1, 0.15) is 5.54 Å². The Bertz CT molecular complexity index is 1040. The van der Waals surface area contributed by atoms with Crippen LogP contribution in [0.25, 0.3) is 17.0 Å². The van der Waals surface area contributed by atoms with Gasteiger partial charge in [0.2, 0.25) is 11.8 Å². The van der Waals surface area contributed by atoms with Gasteiger partial charge in [0.15, 0.2) is 5.82 Å². The number of hydrogen-bond donors (Lipinski definition) is 1. The summed E-state index contributed by atoms with van der Waals surface area (Å²) in [6.07, 6.45) is 8.00. The summed E-state index contributed by atoms with van der Waals surface area (Å²) < 4.78 is 5.15. The van der Waals surface area contributed by atoms with Gasteiger partial charge in [-0.25, -0.2) is 4.98 Å². The van der Waals surface area contributed by atoms with Crippen molar-refractivity contribution in [1.82, 2.24) is 20.4 Å². The molecule has 7 heteroatoms. The molecule has 144 valence electrons. The van der Waals surface area contributed by atoms with Gasteiger partial charge < -0.3 is 9.84 Å². The Morgan fingerprint density at radius 1 is 1.18 bits per heavy atom. The molecule has 6 nitrogen and oxygen atoms in total. The van der Waals surface area contributed by atoms with E-state index in [9.17, 15) is 4.79 Å². The Balaban J connectivity index is 1.53. The number of aromatic nitrogens is 3. The summed E-state index contributed by atoms with van der Waals surface area (Å²) in [4.78, 5) is 21.6. The second kappa shape index (κ2) is 7.72. The smallest absolute Gasteiger partial charge is 0.244 e. The van der Waals surface area contributed by atoms with E-state index < -0.39 is 5.54 Å². The lowest BCUT2D eigenvalue weighted by molar-refractivity contribution is -0.119. The normalized spacial score (nSPS) is 16.5. The maximum absolute atomic E-state index is 12.7. The van der Waals surface area contributed by atoms with Gasteiger partial charge in [-0.15, -0.1) is 0 Å². The molecular formula is C21H21ClN4O2. The van der Waals surface area contributed by atoms with E-state index >= 15 is 0 Å². The lowest BCUT2D eigenvalue weighted by Crippen LogP contribution is -2.47. The lowest BCUT2D eigenvalue weighted by atomic mass is 9.81. The van der Waals surface area contributed by atoms with Crippen LogP contribution in [0.4, 0.5) is 0 Å². The van der Waals surface area contributed by atoms with Crippen LogP contribution in [-0.4, -0.2) is 21.0 Å². The van der Waals surface area contributed by atoms with Crippen molar-refractivity contribution in [2.24, 2.45) is 0 Å². The summed E-state index contributed by atoms with van der Waals surface area (Å²) in [6.45, 7) is 1.76. The van der Waals surface area contributed by atoms with E-state index in [1.807, 2.05) is 30.3 Å². The first-order valence-corrected chi connectivity index (χ1v) is 9.79. The molecule has 1 aromatic carbocycles. The van der Waals surface area contributed by atoms with Crippen LogP contribution in [0.15, 0.2) is 40.9 Å². The summed E-state index contributed by atoms with van der Waals surface area (Å²) in [5.41, 5.74) is 0.918. The summed E-state index contributed by atoms with van der Waals surface area (Å²) in [5.74, 6) is 0.867. The number of amides is 1. The van der Waals surface area contributed by atoms with Gasteiger partial charge in [-0.1, -0.05) is 48.2 Å². The molecule has 0 bridgehead atoms. The lowest BCUT2D eigenvalue weighted by Gasteiger charge is -2.34. The average molecular weight is 397 g/mol. The third kappa shape index (κ3) is 3.92. The third-order valence-electron chi connectivity index (χ3n) is 5.11. The number of nitrogens with zero attached hydrogens (tertiary/aromatic N) is 3. The third-order valence-corrected chi connectivity index (χ3v) is 5.34. The highest BCUT2D eigenvalue weighted by Gasteiger charge is 2.39. The van der Waals surface area contributed by atoms with Crippen LogP contribution in [0.5, 0.6) is 0 Å². The molecule has 1 saturated carbocycles. The van der Waals surface area contributed by atoms with Crippen LogP contribution in [0, 0.1) is 6.92 Å². The zero-order valence-electron chi connectivity index (χ0n) is 15.6. The number of pyridine rings is 1. The molecule has 0 atom stereocenters. The van der Waals surface area contributed by atoms with Crippen LogP contribution >= 0.6 is 11.6 Å². The van der Waals surface area contributed by atoms with Crippen molar-refractivity contribution in [3.8, 4) is 0 Å². The van der Waals surface area contributed by atoms with Crippen LogP contribution in [0.1, 0.15) is 49.5 Å². The quantitative estimate of drug-likeness (QED) is 0.653. The van der Waals surface area contributed by atoms with Gasteiger partial charge >= 0.3 is 0 Å². The molecule has 4 rings (SSSR count). The minimum Gasteiger partial charge on any atom is -0.340 e. The number of carbonyl (C=O) groups excluding carboxylic acids is 1. The number of fused-ring (bicyclic) bond motifs is 1. The van der Waals surface area contributed by atoms with Crippen molar-refractivity contribution in [3.63, 3.8) is 0 Å². The zero-order chi connectivity index (χ0) is 19.6. The maximum Gasteiger partial charge on any atom is 0.244 e.